The number of carbonyl (C=O) groups excluding carboxylic acids is 1. The lowest BCUT2D eigenvalue weighted by atomic mass is 9.88. The van der Waals surface area contributed by atoms with Crippen molar-refractivity contribution >= 4 is 34.7 Å². The van der Waals surface area contributed by atoms with E-state index in [0.717, 1.165) is 30.4 Å². The van der Waals surface area contributed by atoms with E-state index < -0.39 is 0 Å². The zero-order chi connectivity index (χ0) is 21.5. The summed E-state index contributed by atoms with van der Waals surface area (Å²) in [4.78, 5) is 18.0. The number of hydrogen-bond acceptors (Lipinski definition) is 2. The molecule has 1 aromatic heterocycles. The maximum Gasteiger partial charge on any atom is 0.322 e. The van der Waals surface area contributed by atoms with E-state index in [1.54, 1.807) is 18.2 Å². The minimum atomic E-state index is -0.268. The standard InChI is InChI=1S/C25H24ClFN2OS/c1-15-6-9-17(26)14-21(15)28-25(30)29-13-12-20-19-4-2-3-5-22(19)31-24(20)23(29)16-7-10-18(27)11-8-16/h6-11,14,23H,2-5,12-13H2,1H3,(H,28,30)/t23-/m1/s1. The Morgan fingerprint density at radius 2 is 1.87 bits per heavy atom. The van der Waals surface area contributed by atoms with Crippen molar-refractivity contribution in [2.45, 2.75) is 45.1 Å². The van der Waals surface area contributed by atoms with E-state index in [9.17, 15) is 9.18 Å². The number of aryl methyl sites for hydroxylation is 2. The van der Waals surface area contributed by atoms with Crippen LogP contribution in [0.25, 0.3) is 0 Å². The lowest BCUT2D eigenvalue weighted by Crippen LogP contribution is -2.42. The zero-order valence-electron chi connectivity index (χ0n) is 17.4. The van der Waals surface area contributed by atoms with Crippen molar-refractivity contribution < 1.29 is 9.18 Å². The predicted octanol–water partition coefficient (Wildman–Crippen LogP) is 6.91. The third-order valence-corrected chi connectivity index (χ3v) is 7.98. The minimum absolute atomic E-state index is 0.156. The molecule has 0 radical (unpaired) electrons. The molecule has 0 fully saturated rings. The molecule has 1 aliphatic heterocycles. The molecule has 5 rings (SSSR count). The van der Waals surface area contributed by atoms with Crippen LogP contribution in [0.15, 0.2) is 42.5 Å². The molecule has 1 atom stereocenters. The van der Waals surface area contributed by atoms with Gasteiger partial charge in [0.05, 0.1) is 6.04 Å². The Morgan fingerprint density at radius 1 is 1.10 bits per heavy atom. The Hall–Kier alpha value is -2.37. The Kier molecular flexibility index (Phi) is 5.49. The Morgan fingerprint density at radius 3 is 2.68 bits per heavy atom. The Bertz CT molecular complexity index is 1140. The van der Waals surface area contributed by atoms with E-state index >= 15 is 0 Å². The van der Waals surface area contributed by atoms with Gasteiger partial charge in [-0.15, -0.1) is 11.3 Å². The number of fused-ring (bicyclic) bond motifs is 3. The first-order valence-corrected chi connectivity index (χ1v) is 11.9. The van der Waals surface area contributed by atoms with Crippen LogP contribution in [0.3, 0.4) is 0 Å². The third kappa shape index (κ3) is 3.85. The predicted molar refractivity (Wildman–Crippen MR) is 125 cm³/mol. The first kappa shape index (κ1) is 20.5. The second kappa shape index (κ2) is 8.29. The van der Waals surface area contributed by atoms with Crippen LogP contribution < -0.4 is 5.32 Å². The Labute approximate surface area is 190 Å². The number of halogens is 2. The van der Waals surface area contributed by atoms with E-state index in [0.29, 0.717) is 17.3 Å². The maximum absolute atomic E-state index is 13.7. The highest BCUT2D eigenvalue weighted by molar-refractivity contribution is 7.12. The van der Waals surface area contributed by atoms with Gasteiger partial charge in [-0.3, -0.25) is 0 Å². The molecule has 1 aliphatic carbocycles. The molecule has 3 nitrogen and oxygen atoms in total. The number of urea groups is 1. The number of amides is 2. The van der Waals surface area contributed by atoms with Gasteiger partial charge in [-0.25, -0.2) is 9.18 Å². The molecule has 0 bridgehead atoms. The van der Waals surface area contributed by atoms with Crippen LogP contribution in [0.4, 0.5) is 14.9 Å². The normalized spacial score (nSPS) is 17.8. The van der Waals surface area contributed by atoms with Crippen LogP contribution in [0.1, 0.15) is 50.9 Å². The number of rotatable bonds is 2. The van der Waals surface area contributed by atoms with Gasteiger partial charge in [0.25, 0.3) is 0 Å². The van der Waals surface area contributed by atoms with Gasteiger partial charge in [0, 0.05) is 27.0 Å². The molecule has 0 spiro atoms. The molecule has 0 unspecified atom stereocenters. The van der Waals surface area contributed by atoms with E-state index in [1.807, 2.05) is 35.3 Å². The SMILES string of the molecule is Cc1ccc(Cl)cc1NC(=O)N1CCc2c(sc3c2CCCC3)[C@H]1c1ccc(F)cc1. The second-order valence-corrected chi connectivity index (χ2v) is 9.91. The monoisotopic (exact) mass is 454 g/mol. The molecule has 6 heteroatoms. The first-order valence-electron chi connectivity index (χ1n) is 10.7. The molecule has 31 heavy (non-hydrogen) atoms. The average molecular weight is 455 g/mol. The smallest absolute Gasteiger partial charge is 0.312 e. The molecule has 2 aromatic carbocycles. The van der Waals surface area contributed by atoms with Crippen LogP contribution in [0.5, 0.6) is 0 Å². The Balaban J connectivity index is 1.54. The number of anilines is 1. The van der Waals surface area contributed by atoms with E-state index in [4.69, 9.17) is 11.6 Å². The zero-order valence-corrected chi connectivity index (χ0v) is 19.0. The van der Waals surface area contributed by atoms with Crippen molar-refractivity contribution in [3.63, 3.8) is 0 Å². The van der Waals surface area contributed by atoms with Crippen molar-refractivity contribution in [2.24, 2.45) is 0 Å². The second-order valence-electron chi connectivity index (χ2n) is 8.34. The fourth-order valence-electron chi connectivity index (χ4n) is 4.76. The van der Waals surface area contributed by atoms with Crippen LogP contribution in [-0.4, -0.2) is 17.5 Å². The van der Waals surface area contributed by atoms with E-state index in [-0.39, 0.29) is 17.9 Å². The minimum Gasteiger partial charge on any atom is -0.312 e. The van der Waals surface area contributed by atoms with Crippen molar-refractivity contribution in [1.82, 2.24) is 4.90 Å². The average Bonchev–Trinajstić information content (AvgIpc) is 3.15. The summed E-state index contributed by atoms with van der Waals surface area (Å²) < 4.78 is 13.7. The lowest BCUT2D eigenvalue weighted by molar-refractivity contribution is 0.195. The van der Waals surface area contributed by atoms with Gasteiger partial charge in [-0.05, 0) is 85.5 Å². The number of nitrogens with one attached hydrogen (secondary N) is 1. The number of hydrogen-bond donors (Lipinski definition) is 1. The van der Waals surface area contributed by atoms with Crippen molar-refractivity contribution in [2.75, 3.05) is 11.9 Å². The summed E-state index contributed by atoms with van der Waals surface area (Å²) in [5.74, 6) is -0.268. The number of benzene rings is 2. The van der Waals surface area contributed by atoms with E-state index in [1.165, 1.54) is 45.9 Å². The number of nitrogens with zero attached hydrogens (tertiary/aromatic N) is 1. The summed E-state index contributed by atoms with van der Waals surface area (Å²) >= 11 is 7.99. The number of carbonyl (C=O) groups is 1. The summed E-state index contributed by atoms with van der Waals surface area (Å²) in [5.41, 5.74) is 5.53. The molecule has 160 valence electrons. The largest absolute Gasteiger partial charge is 0.322 e. The summed E-state index contributed by atoms with van der Waals surface area (Å²) in [6.45, 7) is 2.58. The summed E-state index contributed by atoms with van der Waals surface area (Å²) in [7, 11) is 0. The van der Waals surface area contributed by atoms with Gasteiger partial charge >= 0.3 is 6.03 Å². The summed E-state index contributed by atoms with van der Waals surface area (Å²) in [6, 6.07) is 11.7. The van der Waals surface area contributed by atoms with Crippen molar-refractivity contribution in [3.8, 4) is 0 Å². The maximum atomic E-state index is 13.7. The highest BCUT2D eigenvalue weighted by Crippen LogP contribution is 2.45. The molecular formula is C25H24ClFN2OS. The summed E-state index contributed by atoms with van der Waals surface area (Å²) in [6.07, 6.45) is 5.57. The quantitative estimate of drug-likeness (QED) is 0.448. The fourth-order valence-corrected chi connectivity index (χ4v) is 6.52. The van der Waals surface area contributed by atoms with Gasteiger partial charge in [0.1, 0.15) is 5.82 Å². The van der Waals surface area contributed by atoms with Crippen molar-refractivity contribution in [1.29, 1.82) is 0 Å². The van der Waals surface area contributed by atoms with Gasteiger partial charge < -0.3 is 10.2 Å². The molecule has 0 saturated heterocycles. The van der Waals surface area contributed by atoms with Crippen molar-refractivity contribution in [3.05, 3.63) is 85.3 Å². The topological polar surface area (TPSA) is 32.3 Å². The van der Waals surface area contributed by atoms with Gasteiger partial charge in [0.15, 0.2) is 0 Å². The van der Waals surface area contributed by atoms with Gasteiger partial charge in [0.2, 0.25) is 0 Å². The number of thiophene rings is 1. The molecular weight excluding hydrogens is 431 g/mol. The van der Waals surface area contributed by atoms with Crippen LogP contribution in [-0.2, 0) is 19.3 Å². The van der Waals surface area contributed by atoms with Gasteiger partial charge in [-0.2, -0.15) is 0 Å². The third-order valence-electron chi connectivity index (χ3n) is 6.36. The van der Waals surface area contributed by atoms with Gasteiger partial charge in [-0.1, -0.05) is 29.8 Å². The van der Waals surface area contributed by atoms with Crippen LogP contribution in [0, 0.1) is 12.7 Å². The fraction of sp³-hybridized carbons (Fsp3) is 0.320. The molecule has 1 N–H and O–H groups in total. The van der Waals surface area contributed by atoms with E-state index in [2.05, 4.69) is 5.32 Å². The highest BCUT2D eigenvalue weighted by atomic mass is 35.5. The first-order chi connectivity index (χ1) is 15.0. The molecule has 2 amide bonds. The molecule has 2 heterocycles. The molecule has 3 aromatic rings. The lowest BCUT2D eigenvalue weighted by Gasteiger charge is -2.36. The summed E-state index contributed by atoms with van der Waals surface area (Å²) in [5, 5.41) is 3.64. The van der Waals surface area contributed by atoms with Crippen LogP contribution >= 0.6 is 22.9 Å². The molecule has 2 aliphatic rings. The highest BCUT2D eigenvalue weighted by Gasteiger charge is 2.36. The van der Waals surface area contributed by atoms with Crippen LogP contribution in [0.2, 0.25) is 5.02 Å². The molecule has 0 saturated carbocycles.